The molecule has 0 aliphatic rings. The van der Waals surface area contributed by atoms with E-state index in [1.165, 1.54) is 14.0 Å². The summed E-state index contributed by atoms with van der Waals surface area (Å²) >= 11 is 0. The van der Waals surface area contributed by atoms with Crippen LogP contribution in [0.5, 0.6) is 0 Å². The van der Waals surface area contributed by atoms with Gasteiger partial charge >= 0.3 is 17.9 Å². The number of hydrogen-bond donors (Lipinski definition) is 1. The molecule has 8 heteroatoms. The molecule has 0 aromatic rings. The molecule has 0 bridgehead atoms. The number of ether oxygens (including phenoxy) is 3. The first-order chi connectivity index (χ1) is 8.77. The number of carbonyl (C=O) groups excluding carboxylic acids is 3. The zero-order valence-electron chi connectivity index (χ0n) is 10.9. The largest absolute Gasteiger partial charge is 0.481 e. The van der Waals surface area contributed by atoms with Gasteiger partial charge in [-0.25, -0.2) is 9.59 Å². The highest BCUT2D eigenvalue weighted by Gasteiger charge is 2.27. The molecule has 0 fully saturated rings. The minimum Gasteiger partial charge on any atom is -0.481 e. The normalized spacial score (nSPS) is 13.2. The Morgan fingerprint density at radius 3 is 2.16 bits per heavy atom. The fourth-order valence-electron chi connectivity index (χ4n) is 1.06. The Labute approximate surface area is 109 Å². The van der Waals surface area contributed by atoms with Crippen molar-refractivity contribution < 1.29 is 38.5 Å². The Morgan fingerprint density at radius 2 is 1.74 bits per heavy atom. The van der Waals surface area contributed by atoms with Crippen molar-refractivity contribution in [3.8, 4) is 0 Å². The van der Waals surface area contributed by atoms with Gasteiger partial charge in [0.1, 0.15) is 6.61 Å². The molecule has 0 saturated carbocycles. The van der Waals surface area contributed by atoms with E-state index in [9.17, 15) is 19.2 Å². The monoisotopic (exact) mass is 276 g/mol. The standard InChI is InChI=1S/C11H16O8/c1-6(12)8(4-9(13)14)19-11(16)7(2)18-10(15)5-17-3/h7-8H,4-5H2,1-3H3,(H,13,14). The summed E-state index contributed by atoms with van der Waals surface area (Å²) in [7, 11) is 1.28. The average molecular weight is 276 g/mol. The molecule has 0 aromatic heterocycles. The van der Waals surface area contributed by atoms with E-state index in [0.29, 0.717) is 0 Å². The van der Waals surface area contributed by atoms with Crippen LogP contribution < -0.4 is 0 Å². The van der Waals surface area contributed by atoms with Gasteiger partial charge < -0.3 is 19.3 Å². The van der Waals surface area contributed by atoms with E-state index in [1.807, 2.05) is 0 Å². The van der Waals surface area contributed by atoms with E-state index >= 15 is 0 Å². The van der Waals surface area contributed by atoms with Gasteiger partial charge in [-0.3, -0.25) is 9.59 Å². The van der Waals surface area contributed by atoms with Gasteiger partial charge in [-0.1, -0.05) is 0 Å². The van der Waals surface area contributed by atoms with E-state index in [1.54, 1.807) is 0 Å². The van der Waals surface area contributed by atoms with Gasteiger partial charge in [0.25, 0.3) is 0 Å². The number of rotatable bonds is 8. The van der Waals surface area contributed by atoms with Gasteiger partial charge in [-0.15, -0.1) is 0 Å². The van der Waals surface area contributed by atoms with Crippen LogP contribution in [0.25, 0.3) is 0 Å². The second kappa shape index (κ2) is 8.20. The molecule has 0 heterocycles. The van der Waals surface area contributed by atoms with Gasteiger partial charge in [0.2, 0.25) is 0 Å². The summed E-state index contributed by atoms with van der Waals surface area (Å²) in [6.45, 7) is 2.01. The lowest BCUT2D eigenvalue weighted by Gasteiger charge is -2.17. The van der Waals surface area contributed by atoms with Gasteiger partial charge in [0, 0.05) is 7.11 Å². The molecule has 108 valence electrons. The molecule has 1 N–H and O–H groups in total. The van der Waals surface area contributed by atoms with Gasteiger partial charge in [-0.2, -0.15) is 0 Å². The summed E-state index contributed by atoms with van der Waals surface area (Å²) in [5.74, 6) is -3.65. The van der Waals surface area contributed by atoms with E-state index < -0.39 is 42.3 Å². The van der Waals surface area contributed by atoms with Crippen LogP contribution in [0.4, 0.5) is 0 Å². The van der Waals surface area contributed by atoms with Gasteiger partial charge in [0.15, 0.2) is 18.0 Å². The molecular formula is C11H16O8. The first kappa shape index (κ1) is 17.0. The Morgan fingerprint density at radius 1 is 1.16 bits per heavy atom. The van der Waals surface area contributed by atoms with Gasteiger partial charge in [0.05, 0.1) is 6.42 Å². The average Bonchev–Trinajstić information content (AvgIpc) is 2.27. The predicted molar refractivity (Wildman–Crippen MR) is 60.2 cm³/mol. The molecule has 0 rings (SSSR count). The van der Waals surface area contributed by atoms with Crippen molar-refractivity contribution in [1.82, 2.24) is 0 Å². The number of ketones is 1. The summed E-state index contributed by atoms with van der Waals surface area (Å²) in [5, 5.41) is 8.55. The Bertz CT molecular complexity index is 362. The lowest BCUT2D eigenvalue weighted by atomic mass is 10.2. The highest BCUT2D eigenvalue weighted by molar-refractivity contribution is 5.88. The Balaban J connectivity index is 4.42. The van der Waals surface area contributed by atoms with Gasteiger partial charge in [-0.05, 0) is 13.8 Å². The van der Waals surface area contributed by atoms with E-state index in [0.717, 1.165) is 6.92 Å². The highest BCUT2D eigenvalue weighted by atomic mass is 16.6. The molecule has 0 aromatic carbocycles. The summed E-state index contributed by atoms with van der Waals surface area (Å²) in [6.07, 6.45) is -3.29. The first-order valence-corrected chi connectivity index (χ1v) is 5.39. The number of esters is 2. The highest BCUT2D eigenvalue weighted by Crippen LogP contribution is 2.05. The summed E-state index contributed by atoms with van der Waals surface area (Å²) in [4.78, 5) is 44.1. The van der Waals surface area contributed by atoms with Crippen molar-refractivity contribution in [1.29, 1.82) is 0 Å². The quantitative estimate of drug-likeness (QED) is 0.592. The molecule has 2 unspecified atom stereocenters. The molecular weight excluding hydrogens is 260 g/mol. The molecule has 0 saturated heterocycles. The molecule has 0 radical (unpaired) electrons. The number of carbonyl (C=O) groups is 4. The number of methoxy groups -OCH3 is 1. The smallest absolute Gasteiger partial charge is 0.347 e. The van der Waals surface area contributed by atoms with Crippen LogP contribution in [-0.4, -0.2) is 54.7 Å². The number of Topliss-reactive ketones (excluding diaryl/α,β-unsaturated/α-hetero) is 1. The molecule has 0 spiro atoms. The third-order valence-electron chi connectivity index (χ3n) is 1.97. The molecule has 0 aliphatic heterocycles. The van der Waals surface area contributed by atoms with Crippen LogP contribution in [0.3, 0.4) is 0 Å². The second-order valence-electron chi connectivity index (χ2n) is 3.70. The van der Waals surface area contributed by atoms with Crippen molar-refractivity contribution in [3.05, 3.63) is 0 Å². The molecule has 8 nitrogen and oxygen atoms in total. The summed E-state index contributed by atoms with van der Waals surface area (Å²) in [5.41, 5.74) is 0. The van der Waals surface area contributed by atoms with Crippen molar-refractivity contribution in [3.63, 3.8) is 0 Å². The predicted octanol–water partition coefficient (Wildman–Crippen LogP) is -0.460. The van der Waals surface area contributed by atoms with Crippen LogP contribution in [0, 0.1) is 0 Å². The zero-order chi connectivity index (χ0) is 15.0. The maximum Gasteiger partial charge on any atom is 0.347 e. The fraction of sp³-hybridized carbons (Fsp3) is 0.636. The fourth-order valence-corrected chi connectivity index (χ4v) is 1.06. The minimum absolute atomic E-state index is 0.330. The number of aliphatic carboxylic acids is 1. The summed E-state index contributed by atoms with van der Waals surface area (Å²) in [6, 6.07) is 0. The van der Waals surface area contributed by atoms with E-state index in [-0.39, 0.29) is 6.61 Å². The van der Waals surface area contributed by atoms with E-state index in [4.69, 9.17) is 5.11 Å². The Hall–Kier alpha value is -1.96. The van der Waals surface area contributed by atoms with Crippen LogP contribution in [0.2, 0.25) is 0 Å². The first-order valence-electron chi connectivity index (χ1n) is 5.39. The lowest BCUT2D eigenvalue weighted by molar-refractivity contribution is -0.174. The van der Waals surface area contributed by atoms with E-state index in [2.05, 4.69) is 14.2 Å². The van der Waals surface area contributed by atoms with Crippen molar-refractivity contribution in [2.45, 2.75) is 32.5 Å². The van der Waals surface area contributed by atoms with Crippen LogP contribution in [0.1, 0.15) is 20.3 Å². The summed E-state index contributed by atoms with van der Waals surface area (Å²) < 4.78 is 13.8. The lowest BCUT2D eigenvalue weighted by Crippen LogP contribution is -2.34. The molecule has 0 amide bonds. The van der Waals surface area contributed by atoms with Crippen LogP contribution in [0.15, 0.2) is 0 Å². The molecule has 0 aliphatic carbocycles. The Kier molecular flexibility index (Phi) is 7.35. The van der Waals surface area contributed by atoms with Crippen molar-refractivity contribution in [2.75, 3.05) is 13.7 Å². The maximum atomic E-state index is 11.5. The molecule has 2 atom stereocenters. The number of carboxylic acids is 1. The van der Waals surface area contributed by atoms with Crippen molar-refractivity contribution in [2.24, 2.45) is 0 Å². The number of hydrogen-bond acceptors (Lipinski definition) is 7. The SMILES string of the molecule is COCC(=O)OC(C)C(=O)OC(CC(=O)O)C(C)=O. The minimum atomic E-state index is -1.39. The molecule has 19 heavy (non-hydrogen) atoms. The number of carboxylic acid groups (broad SMARTS) is 1. The van der Waals surface area contributed by atoms with Crippen LogP contribution in [-0.2, 0) is 33.4 Å². The second-order valence-corrected chi connectivity index (χ2v) is 3.70. The third kappa shape index (κ3) is 7.14. The topological polar surface area (TPSA) is 116 Å². The third-order valence-corrected chi connectivity index (χ3v) is 1.97. The van der Waals surface area contributed by atoms with Crippen LogP contribution >= 0.6 is 0 Å². The van der Waals surface area contributed by atoms with Crippen molar-refractivity contribution >= 4 is 23.7 Å². The maximum absolute atomic E-state index is 11.5. The zero-order valence-corrected chi connectivity index (χ0v) is 10.9.